The first-order chi connectivity index (χ1) is 15.8. The summed E-state index contributed by atoms with van der Waals surface area (Å²) in [5.41, 5.74) is 2.65. The fourth-order valence-corrected chi connectivity index (χ4v) is 4.74. The number of carbonyl (C=O) groups excluding carboxylic acids is 1. The molecule has 3 aromatic carbocycles. The highest BCUT2D eigenvalue weighted by molar-refractivity contribution is 8.24. The highest BCUT2D eigenvalue weighted by Gasteiger charge is 2.36. The normalized spacial score (nSPS) is 17.8. The molecule has 1 aliphatic rings. The maximum absolute atomic E-state index is 12.0. The minimum atomic E-state index is -3.42. The molecule has 1 heterocycles. The lowest BCUT2D eigenvalue weighted by molar-refractivity contribution is 0.0992. The lowest BCUT2D eigenvalue weighted by atomic mass is 10.0. The molecule has 0 aromatic heterocycles. The van der Waals surface area contributed by atoms with E-state index in [9.17, 15) is 24.1 Å². The summed E-state index contributed by atoms with van der Waals surface area (Å²) in [5, 5.41) is 27.8. The molecule has 3 aromatic rings. The highest BCUT2D eigenvalue weighted by Crippen LogP contribution is 2.49. The topological polar surface area (TPSA) is 152 Å². The van der Waals surface area contributed by atoms with E-state index < -0.39 is 23.1 Å². The van der Waals surface area contributed by atoms with E-state index in [2.05, 4.69) is 19.9 Å². The Morgan fingerprint density at radius 1 is 1.09 bits per heavy atom. The third-order valence-corrected chi connectivity index (χ3v) is 6.49. The van der Waals surface area contributed by atoms with Crippen molar-refractivity contribution in [2.24, 2.45) is 10.2 Å². The van der Waals surface area contributed by atoms with Gasteiger partial charge in [-0.05, 0) is 47.9 Å². The van der Waals surface area contributed by atoms with Crippen molar-refractivity contribution in [3.05, 3.63) is 89.5 Å². The summed E-state index contributed by atoms with van der Waals surface area (Å²) < 4.78 is 23.5. The quantitative estimate of drug-likeness (QED) is 0.282. The molecule has 1 amide bonds. The molecule has 4 rings (SSSR count). The predicted molar refractivity (Wildman–Crippen MR) is 124 cm³/mol. The Hall–Kier alpha value is -3.57. The van der Waals surface area contributed by atoms with Gasteiger partial charge in [-0.15, -0.1) is 0 Å². The zero-order chi connectivity index (χ0) is 23.4. The van der Waals surface area contributed by atoms with Gasteiger partial charge >= 0.3 is 5.91 Å². The molecule has 0 bridgehead atoms. The Bertz CT molecular complexity index is 1230. The number of nitrogens with one attached hydrogen (secondary N) is 1. The zero-order valence-corrected chi connectivity index (χ0v) is 18.1. The van der Waals surface area contributed by atoms with Crippen molar-refractivity contribution in [2.75, 3.05) is 10.8 Å². The second-order valence-electron chi connectivity index (χ2n) is 7.30. The van der Waals surface area contributed by atoms with E-state index in [0.717, 1.165) is 15.4 Å². The first-order valence-electron chi connectivity index (χ1n) is 9.95. The first-order valence-corrected chi connectivity index (χ1v) is 11.5. The van der Waals surface area contributed by atoms with Crippen LogP contribution in [0.5, 0.6) is 5.75 Å². The first kappa shape index (κ1) is 22.6. The number of aliphatic hydroxyl groups is 1. The number of aliphatic hydroxyl groups excluding tert-OH is 1. The molecule has 10 nitrogen and oxygen atoms in total. The van der Waals surface area contributed by atoms with E-state index >= 15 is 0 Å². The molecule has 1 aliphatic heterocycles. The number of hydrogen-bond donors (Lipinski definition) is 5. The van der Waals surface area contributed by atoms with E-state index in [-0.39, 0.29) is 18.0 Å². The lowest BCUT2D eigenvalue weighted by Crippen LogP contribution is -2.25. The Labute approximate surface area is 191 Å². The van der Waals surface area contributed by atoms with E-state index in [1.165, 1.54) is 6.07 Å². The van der Waals surface area contributed by atoms with Gasteiger partial charge in [0.1, 0.15) is 17.7 Å². The minimum absolute atomic E-state index is 0.0797. The van der Waals surface area contributed by atoms with Gasteiger partial charge in [0.05, 0.1) is 6.54 Å². The van der Waals surface area contributed by atoms with Crippen LogP contribution in [0.2, 0.25) is 0 Å². The largest absolute Gasteiger partial charge is 0.506 e. The monoisotopic (exact) mass is 468 g/mol. The molecule has 170 valence electrons. The van der Waals surface area contributed by atoms with Crippen LogP contribution in [0.1, 0.15) is 21.5 Å². The number of anilines is 1. The number of nitrogens with zero attached hydrogens (tertiary/aromatic N) is 4. The Morgan fingerprint density at radius 3 is 2.52 bits per heavy atom. The van der Waals surface area contributed by atoms with Gasteiger partial charge in [-0.25, -0.2) is 0 Å². The van der Waals surface area contributed by atoms with Crippen LogP contribution in [-0.4, -0.2) is 38.0 Å². The minimum Gasteiger partial charge on any atom is -0.506 e. The Balaban J connectivity index is 1.53. The number of aromatic hydroxyl groups is 1. The molecule has 0 radical (unpaired) electrons. The van der Waals surface area contributed by atoms with Crippen LogP contribution in [0.15, 0.2) is 83.0 Å². The van der Waals surface area contributed by atoms with Gasteiger partial charge in [-0.1, -0.05) is 53.4 Å². The van der Waals surface area contributed by atoms with Crippen molar-refractivity contribution in [2.45, 2.75) is 12.6 Å². The number of hydrogen-bond acceptors (Lipinski definition) is 8. The van der Waals surface area contributed by atoms with Crippen LogP contribution in [0.4, 0.5) is 11.4 Å². The number of carbonyl (C=O) groups is 1. The van der Waals surface area contributed by atoms with E-state index in [4.69, 9.17) is 0 Å². The molecule has 1 saturated heterocycles. The van der Waals surface area contributed by atoms with Crippen LogP contribution >= 0.6 is 11.0 Å². The van der Waals surface area contributed by atoms with Gasteiger partial charge in [0.25, 0.3) is 0 Å². The number of rotatable bonds is 5. The van der Waals surface area contributed by atoms with Crippen LogP contribution in [0.3, 0.4) is 0 Å². The molecule has 0 aliphatic carbocycles. The molecule has 0 spiro atoms. The summed E-state index contributed by atoms with van der Waals surface area (Å²) in [6, 6.07) is 20.5. The van der Waals surface area contributed by atoms with Gasteiger partial charge in [0.15, 0.2) is 10.8 Å². The van der Waals surface area contributed by atoms with Gasteiger partial charge < -0.3 is 10.2 Å². The van der Waals surface area contributed by atoms with Crippen LogP contribution in [0, 0.1) is 0 Å². The molecule has 0 saturated carbocycles. The van der Waals surface area contributed by atoms with Crippen molar-refractivity contribution >= 4 is 28.2 Å². The third-order valence-electron chi connectivity index (χ3n) is 4.94. The summed E-state index contributed by atoms with van der Waals surface area (Å²) >= 11 is 0. The number of phenols is 1. The highest BCUT2D eigenvalue weighted by atomic mass is 32.3. The zero-order valence-electron chi connectivity index (χ0n) is 17.3. The maximum Gasteiger partial charge on any atom is 0.360 e. The number of phenolic OH excluding ortho intramolecular Hbond substituents is 1. The van der Waals surface area contributed by atoms with Gasteiger partial charge in [0.2, 0.25) is 10.0 Å². The summed E-state index contributed by atoms with van der Waals surface area (Å²) in [6.07, 6.45) is -0.724. The predicted octanol–water partition coefficient (Wildman–Crippen LogP) is 3.74. The molecule has 11 heteroatoms. The summed E-state index contributed by atoms with van der Waals surface area (Å²) in [4.78, 5) is 15.7. The van der Waals surface area contributed by atoms with Crippen molar-refractivity contribution in [3.8, 4) is 5.75 Å². The maximum atomic E-state index is 12.0. The average Bonchev–Trinajstić information content (AvgIpc) is 3.07. The summed E-state index contributed by atoms with van der Waals surface area (Å²) in [7, 11) is -3.42. The standard InChI is InChI=1S/C22H21N5O5S/c28-20-13-15(10-11-19(20)27-14-21(29)25-33(27,31)32)12-17-8-4-5-9-18(17)23-26-24-22(30)16-6-2-1-3-7-16/h1-11,13,21,25,29H,12,14H2,(H2-,28,31,32)/p+1. The second kappa shape index (κ2) is 9.51. The van der Waals surface area contributed by atoms with Crippen molar-refractivity contribution in [1.82, 2.24) is 9.63 Å². The Kier molecular flexibility index (Phi) is 6.52. The third kappa shape index (κ3) is 5.26. The molecule has 1 fully saturated rings. The molecule has 5 N–H and O–H groups in total. The van der Waals surface area contributed by atoms with E-state index in [1.54, 1.807) is 54.6 Å². The average molecular weight is 469 g/mol. The van der Waals surface area contributed by atoms with Gasteiger partial charge in [0, 0.05) is 5.56 Å². The van der Waals surface area contributed by atoms with Crippen LogP contribution in [-0.2, 0) is 6.42 Å². The molecule has 1 atom stereocenters. The van der Waals surface area contributed by atoms with Crippen LogP contribution < -0.4 is 13.9 Å². The lowest BCUT2D eigenvalue weighted by Gasteiger charge is -2.36. The second-order valence-corrected chi connectivity index (χ2v) is 9.02. The van der Waals surface area contributed by atoms with E-state index in [1.807, 2.05) is 12.1 Å². The summed E-state index contributed by atoms with van der Waals surface area (Å²) in [6.45, 7) is -0.0797. The van der Waals surface area contributed by atoms with Gasteiger partial charge in [-0.3, -0.25) is 18.2 Å². The number of amides is 1. The SMILES string of the molecule is O=C(N=[N+]=Nc1ccccc1Cc1ccc(N2CC(O)NS2(O)O)c(O)c1)c1ccccc1. The molecule has 33 heavy (non-hydrogen) atoms. The number of benzene rings is 3. The van der Waals surface area contributed by atoms with Crippen LogP contribution in [0.25, 0.3) is 0 Å². The fourth-order valence-electron chi connectivity index (χ4n) is 3.40. The van der Waals surface area contributed by atoms with Gasteiger partial charge in [-0.2, -0.15) is 4.72 Å². The van der Waals surface area contributed by atoms with Crippen molar-refractivity contribution in [3.63, 3.8) is 0 Å². The van der Waals surface area contributed by atoms with E-state index in [0.29, 0.717) is 17.7 Å². The smallest absolute Gasteiger partial charge is 0.360 e. The Morgan fingerprint density at radius 2 is 1.82 bits per heavy atom. The molecular formula is C22H22N5O5S+. The van der Waals surface area contributed by atoms with Crippen molar-refractivity contribution < 1.29 is 24.1 Å². The molecular weight excluding hydrogens is 446 g/mol. The fraction of sp³-hybridized carbons (Fsp3) is 0.136. The van der Waals surface area contributed by atoms with Crippen molar-refractivity contribution in [1.29, 1.82) is 0 Å². The number of β-amino-alcohol motifs (C(OH)–C–C–N with tert-alkyl or cyclic N) is 1. The molecule has 1 unspecified atom stereocenters. The summed E-state index contributed by atoms with van der Waals surface area (Å²) in [5.74, 6) is -0.657.